The molecule has 1 aromatic heterocycles. The molecule has 0 saturated heterocycles. The van der Waals surface area contributed by atoms with E-state index in [1.54, 1.807) is 0 Å². The third kappa shape index (κ3) is 4.19. The summed E-state index contributed by atoms with van der Waals surface area (Å²) in [4.78, 5) is -0.183. The molecule has 2 fully saturated rings. The van der Waals surface area contributed by atoms with Crippen molar-refractivity contribution in [3.8, 4) is 0 Å². The topological polar surface area (TPSA) is 64.0 Å². The molecule has 2 aliphatic carbocycles. The number of alkyl halides is 3. The Hall–Kier alpha value is -1.87. The van der Waals surface area contributed by atoms with Gasteiger partial charge in [0.15, 0.2) is 0 Å². The fourth-order valence-electron chi connectivity index (χ4n) is 3.11. The molecular formula is C18H20F3N3O2S. The first kappa shape index (κ1) is 18.5. The molecule has 0 aliphatic heterocycles. The smallest absolute Gasteiger partial charge is 0.268 e. The van der Waals surface area contributed by atoms with Crippen LogP contribution < -0.4 is 4.72 Å². The Labute approximate surface area is 155 Å². The van der Waals surface area contributed by atoms with Crippen molar-refractivity contribution in [1.82, 2.24) is 14.5 Å². The molecule has 2 saturated carbocycles. The summed E-state index contributed by atoms with van der Waals surface area (Å²) >= 11 is 0. The van der Waals surface area contributed by atoms with Gasteiger partial charge < -0.3 is 0 Å². The Morgan fingerprint density at radius 3 is 2.26 bits per heavy atom. The summed E-state index contributed by atoms with van der Waals surface area (Å²) in [7, 11) is -3.87. The molecule has 9 heteroatoms. The maximum atomic E-state index is 12.6. The second-order valence-corrected chi connectivity index (χ2v) is 8.95. The average molecular weight is 399 g/mol. The van der Waals surface area contributed by atoms with Crippen LogP contribution in [0, 0.1) is 0 Å². The van der Waals surface area contributed by atoms with Crippen molar-refractivity contribution in [2.24, 2.45) is 0 Å². The first-order valence-corrected chi connectivity index (χ1v) is 10.5. The van der Waals surface area contributed by atoms with E-state index in [0.717, 1.165) is 61.3 Å². The molecule has 0 amide bonds. The summed E-state index contributed by atoms with van der Waals surface area (Å²) < 4.78 is 66.8. The third-order valence-corrected chi connectivity index (χ3v) is 6.41. The summed E-state index contributed by atoms with van der Waals surface area (Å²) in [6, 6.07) is 5.63. The molecule has 2 aromatic rings. The van der Waals surface area contributed by atoms with Gasteiger partial charge in [-0.05, 0) is 56.0 Å². The van der Waals surface area contributed by atoms with Crippen LogP contribution in [0.2, 0.25) is 0 Å². The molecule has 0 bridgehead atoms. The lowest BCUT2D eigenvalue weighted by Crippen LogP contribution is -2.28. The minimum absolute atomic E-state index is 0.134. The van der Waals surface area contributed by atoms with Crippen molar-refractivity contribution >= 4 is 10.0 Å². The zero-order valence-corrected chi connectivity index (χ0v) is 15.4. The van der Waals surface area contributed by atoms with Gasteiger partial charge in [-0.15, -0.1) is 0 Å². The molecule has 0 atom stereocenters. The molecule has 1 aromatic carbocycles. The minimum atomic E-state index is -4.49. The number of hydrogen-bond acceptors (Lipinski definition) is 3. The fraction of sp³-hybridized carbons (Fsp3) is 0.500. The number of sulfonamides is 1. The first-order valence-electron chi connectivity index (χ1n) is 8.98. The number of rotatable bonds is 7. The average Bonchev–Trinajstić information content (AvgIpc) is 3.53. The molecule has 1 heterocycles. The van der Waals surface area contributed by atoms with Crippen LogP contribution in [0.25, 0.3) is 0 Å². The van der Waals surface area contributed by atoms with E-state index in [4.69, 9.17) is 0 Å². The van der Waals surface area contributed by atoms with Crippen LogP contribution in [0.5, 0.6) is 0 Å². The SMILES string of the molecule is O=S(=O)(NCCn1nc(C2CC2)cc1C1CC1)c1ccc(C(F)(F)F)cc1. The van der Waals surface area contributed by atoms with Crippen LogP contribution in [0.1, 0.15) is 54.5 Å². The van der Waals surface area contributed by atoms with Gasteiger partial charge in [0.05, 0.1) is 22.7 Å². The van der Waals surface area contributed by atoms with Crippen LogP contribution in [-0.2, 0) is 22.7 Å². The van der Waals surface area contributed by atoms with Crippen molar-refractivity contribution < 1.29 is 21.6 Å². The Morgan fingerprint density at radius 1 is 1.07 bits per heavy atom. The van der Waals surface area contributed by atoms with Gasteiger partial charge >= 0.3 is 6.18 Å². The van der Waals surface area contributed by atoms with Crippen molar-refractivity contribution in [2.75, 3.05) is 6.54 Å². The largest absolute Gasteiger partial charge is 0.416 e. The quantitative estimate of drug-likeness (QED) is 0.773. The number of hydrogen-bond donors (Lipinski definition) is 1. The number of halogens is 3. The van der Waals surface area contributed by atoms with Gasteiger partial charge in [0.2, 0.25) is 10.0 Å². The van der Waals surface area contributed by atoms with E-state index < -0.39 is 21.8 Å². The fourth-order valence-corrected chi connectivity index (χ4v) is 4.13. The predicted molar refractivity (Wildman–Crippen MR) is 92.8 cm³/mol. The maximum absolute atomic E-state index is 12.6. The minimum Gasteiger partial charge on any atom is -0.268 e. The van der Waals surface area contributed by atoms with E-state index in [1.807, 2.05) is 4.68 Å². The van der Waals surface area contributed by atoms with Crippen LogP contribution in [0.15, 0.2) is 35.2 Å². The second kappa shape index (κ2) is 6.63. The van der Waals surface area contributed by atoms with Crippen LogP contribution >= 0.6 is 0 Å². The van der Waals surface area contributed by atoms with Crippen molar-refractivity contribution in [3.63, 3.8) is 0 Å². The van der Waals surface area contributed by atoms with Gasteiger partial charge in [-0.2, -0.15) is 18.3 Å². The summed E-state index contributed by atoms with van der Waals surface area (Å²) in [5.41, 5.74) is 1.37. The van der Waals surface area contributed by atoms with E-state index >= 15 is 0 Å². The second-order valence-electron chi connectivity index (χ2n) is 7.19. The molecule has 1 N–H and O–H groups in total. The lowest BCUT2D eigenvalue weighted by atomic mass is 10.2. The molecule has 0 spiro atoms. The van der Waals surface area contributed by atoms with E-state index in [2.05, 4.69) is 15.9 Å². The van der Waals surface area contributed by atoms with Crippen LogP contribution in [0.4, 0.5) is 13.2 Å². The first-order chi connectivity index (χ1) is 12.7. The van der Waals surface area contributed by atoms with Gasteiger partial charge in [-0.3, -0.25) is 4.68 Å². The number of benzene rings is 1. The number of nitrogens with one attached hydrogen (secondary N) is 1. The Balaban J connectivity index is 1.41. The van der Waals surface area contributed by atoms with Gasteiger partial charge in [-0.25, -0.2) is 13.1 Å². The lowest BCUT2D eigenvalue weighted by molar-refractivity contribution is -0.137. The maximum Gasteiger partial charge on any atom is 0.416 e. The number of nitrogens with zero attached hydrogens (tertiary/aromatic N) is 2. The van der Waals surface area contributed by atoms with Crippen molar-refractivity contribution in [2.45, 2.75) is 55.1 Å². The zero-order chi connectivity index (χ0) is 19.2. The third-order valence-electron chi connectivity index (χ3n) is 4.93. The Morgan fingerprint density at radius 2 is 1.70 bits per heavy atom. The summed E-state index contributed by atoms with van der Waals surface area (Å²) in [5.74, 6) is 1.05. The van der Waals surface area contributed by atoms with Gasteiger partial charge in [0.25, 0.3) is 0 Å². The number of aromatic nitrogens is 2. The highest BCUT2D eigenvalue weighted by Gasteiger charge is 2.33. The molecule has 5 nitrogen and oxygen atoms in total. The molecule has 0 unspecified atom stereocenters. The Bertz CT molecular complexity index is 928. The highest BCUT2D eigenvalue weighted by Crippen LogP contribution is 2.44. The van der Waals surface area contributed by atoms with Gasteiger partial charge in [0.1, 0.15) is 0 Å². The van der Waals surface area contributed by atoms with E-state index in [0.29, 0.717) is 18.4 Å². The monoisotopic (exact) mass is 399 g/mol. The van der Waals surface area contributed by atoms with Crippen molar-refractivity contribution in [1.29, 1.82) is 0 Å². The summed E-state index contributed by atoms with van der Waals surface area (Å²) in [5, 5.41) is 4.62. The van der Waals surface area contributed by atoms with E-state index in [-0.39, 0.29) is 11.4 Å². The molecule has 4 rings (SSSR count). The van der Waals surface area contributed by atoms with Gasteiger partial charge in [-0.1, -0.05) is 0 Å². The Kier molecular flexibility index (Phi) is 4.54. The molecule has 146 valence electrons. The lowest BCUT2D eigenvalue weighted by Gasteiger charge is -2.10. The molecular weight excluding hydrogens is 379 g/mol. The van der Waals surface area contributed by atoms with E-state index in [1.165, 1.54) is 0 Å². The van der Waals surface area contributed by atoms with Crippen molar-refractivity contribution in [3.05, 3.63) is 47.3 Å². The zero-order valence-electron chi connectivity index (χ0n) is 14.5. The predicted octanol–water partition coefficient (Wildman–Crippen LogP) is 3.64. The summed E-state index contributed by atoms with van der Waals surface area (Å²) in [6.07, 6.45) is 0.0811. The molecule has 0 radical (unpaired) electrons. The normalized spacial score (nSPS) is 18.0. The highest BCUT2D eigenvalue weighted by molar-refractivity contribution is 7.89. The summed E-state index contributed by atoms with van der Waals surface area (Å²) in [6.45, 7) is 0.535. The molecule has 27 heavy (non-hydrogen) atoms. The van der Waals surface area contributed by atoms with Crippen LogP contribution in [0.3, 0.4) is 0 Å². The van der Waals surface area contributed by atoms with Crippen LogP contribution in [-0.4, -0.2) is 24.7 Å². The highest BCUT2D eigenvalue weighted by atomic mass is 32.2. The van der Waals surface area contributed by atoms with Gasteiger partial charge in [0, 0.05) is 24.1 Å². The molecule has 2 aliphatic rings. The standard InChI is InChI=1S/C18H20F3N3O2S/c19-18(20,21)14-5-7-15(8-6-14)27(25,26)22-9-10-24-17(13-3-4-13)11-16(23-24)12-1-2-12/h5-8,11-13,22H,1-4,9-10H2. The van der Waals surface area contributed by atoms with E-state index in [9.17, 15) is 21.6 Å².